The van der Waals surface area contributed by atoms with Crippen molar-refractivity contribution in [3.05, 3.63) is 12.2 Å². The molecule has 1 atom stereocenters. The van der Waals surface area contributed by atoms with Gasteiger partial charge in [0.25, 0.3) is 0 Å². The Hall–Kier alpha value is -1.81. The average molecular weight is 271 g/mol. The molecule has 0 aromatic rings. The number of hydrogen-bond acceptors (Lipinski definition) is 4. The number of amides is 1. The van der Waals surface area contributed by atoms with Gasteiger partial charge in [-0.2, -0.15) is 0 Å². The van der Waals surface area contributed by atoms with Gasteiger partial charge in [-0.1, -0.05) is 5.92 Å². The standard InChI is InChI=1S/C11H13NO5S/c1-2-6-12(10(13)3-4-11(14)15)9-5-7-18(16,17)8-9/h1,3-4,9H,5-8H2,(H,14,15)/b4-3+. The van der Waals surface area contributed by atoms with E-state index in [0.717, 1.165) is 6.08 Å². The molecule has 0 saturated carbocycles. The van der Waals surface area contributed by atoms with Crippen molar-refractivity contribution >= 4 is 21.7 Å². The maximum atomic E-state index is 11.7. The fourth-order valence-corrected chi connectivity index (χ4v) is 3.48. The van der Waals surface area contributed by atoms with Gasteiger partial charge < -0.3 is 10.0 Å². The smallest absolute Gasteiger partial charge is 0.328 e. The van der Waals surface area contributed by atoms with Crippen molar-refractivity contribution in [1.29, 1.82) is 0 Å². The maximum Gasteiger partial charge on any atom is 0.328 e. The number of carboxylic acids is 1. The molecule has 0 aromatic heterocycles. The van der Waals surface area contributed by atoms with Crippen LogP contribution in [-0.2, 0) is 19.4 Å². The van der Waals surface area contributed by atoms with Crippen molar-refractivity contribution in [3.8, 4) is 12.3 Å². The topological polar surface area (TPSA) is 91.8 Å². The van der Waals surface area contributed by atoms with Crippen LogP contribution >= 0.6 is 0 Å². The minimum atomic E-state index is -3.13. The third kappa shape index (κ3) is 3.89. The van der Waals surface area contributed by atoms with Crippen molar-refractivity contribution in [2.75, 3.05) is 18.1 Å². The molecular weight excluding hydrogens is 258 g/mol. The highest BCUT2D eigenvalue weighted by Crippen LogP contribution is 2.17. The van der Waals surface area contributed by atoms with Crippen molar-refractivity contribution in [3.63, 3.8) is 0 Å². The SMILES string of the molecule is C#CCN(C(=O)/C=C/C(=O)O)C1CCS(=O)(=O)C1. The Kier molecular flexibility index (Phi) is 4.50. The van der Waals surface area contributed by atoms with Crippen molar-refractivity contribution < 1.29 is 23.1 Å². The first-order valence-corrected chi connectivity index (χ1v) is 7.03. The first-order chi connectivity index (χ1) is 8.35. The fourth-order valence-electron chi connectivity index (χ4n) is 1.74. The van der Waals surface area contributed by atoms with Crippen LogP contribution in [0.4, 0.5) is 0 Å². The zero-order valence-electron chi connectivity index (χ0n) is 9.57. The third-order valence-electron chi connectivity index (χ3n) is 2.56. The second-order valence-electron chi connectivity index (χ2n) is 3.90. The molecular formula is C11H13NO5S. The summed E-state index contributed by atoms with van der Waals surface area (Å²) >= 11 is 0. The van der Waals surface area contributed by atoms with Crippen LogP contribution in [-0.4, -0.2) is 54.4 Å². The molecule has 1 unspecified atom stereocenters. The number of hydrogen-bond donors (Lipinski definition) is 1. The molecule has 1 N–H and O–H groups in total. The number of aliphatic carboxylic acids is 1. The Morgan fingerprint density at radius 3 is 2.56 bits per heavy atom. The van der Waals surface area contributed by atoms with Crippen molar-refractivity contribution in [2.45, 2.75) is 12.5 Å². The van der Waals surface area contributed by atoms with E-state index in [1.807, 2.05) is 0 Å². The van der Waals surface area contributed by atoms with E-state index in [4.69, 9.17) is 11.5 Å². The molecule has 1 fully saturated rings. The van der Waals surface area contributed by atoms with Gasteiger partial charge in [0.15, 0.2) is 9.84 Å². The Bertz CT molecular complexity index is 514. The summed E-state index contributed by atoms with van der Waals surface area (Å²) in [5.41, 5.74) is 0. The number of rotatable bonds is 4. The van der Waals surface area contributed by atoms with Gasteiger partial charge >= 0.3 is 5.97 Å². The van der Waals surface area contributed by atoms with Gasteiger partial charge in [0.05, 0.1) is 18.1 Å². The van der Waals surface area contributed by atoms with E-state index < -0.39 is 27.8 Å². The molecule has 7 heteroatoms. The summed E-state index contributed by atoms with van der Waals surface area (Å²) in [6, 6.07) is -0.475. The quantitative estimate of drug-likeness (QED) is 0.538. The fraction of sp³-hybridized carbons (Fsp3) is 0.455. The Balaban J connectivity index is 2.81. The van der Waals surface area contributed by atoms with Crippen molar-refractivity contribution in [1.82, 2.24) is 4.90 Å². The Morgan fingerprint density at radius 1 is 1.44 bits per heavy atom. The van der Waals surface area contributed by atoms with Crippen LogP contribution in [0, 0.1) is 12.3 Å². The van der Waals surface area contributed by atoms with E-state index in [2.05, 4.69) is 5.92 Å². The van der Waals surface area contributed by atoms with Crippen LogP contribution < -0.4 is 0 Å². The highest BCUT2D eigenvalue weighted by Gasteiger charge is 2.33. The van der Waals surface area contributed by atoms with Gasteiger partial charge in [-0.25, -0.2) is 13.2 Å². The molecule has 1 heterocycles. The Labute approximate surface area is 105 Å². The van der Waals surface area contributed by atoms with E-state index in [1.54, 1.807) is 0 Å². The predicted octanol–water partition coefficient (Wildman–Crippen LogP) is -0.724. The highest BCUT2D eigenvalue weighted by atomic mass is 32.2. The van der Waals surface area contributed by atoms with Gasteiger partial charge in [0, 0.05) is 18.2 Å². The minimum Gasteiger partial charge on any atom is -0.478 e. The van der Waals surface area contributed by atoms with Gasteiger partial charge in [-0.15, -0.1) is 6.42 Å². The van der Waals surface area contributed by atoms with E-state index >= 15 is 0 Å². The number of nitrogens with zero attached hydrogens (tertiary/aromatic N) is 1. The third-order valence-corrected chi connectivity index (χ3v) is 4.31. The molecule has 0 bridgehead atoms. The van der Waals surface area contributed by atoms with Crippen LogP contribution in [0.5, 0.6) is 0 Å². The summed E-state index contributed by atoms with van der Waals surface area (Å²) in [7, 11) is -3.13. The van der Waals surface area contributed by atoms with Gasteiger partial charge in [0.2, 0.25) is 5.91 Å². The van der Waals surface area contributed by atoms with Crippen LogP contribution in [0.1, 0.15) is 6.42 Å². The molecule has 0 aliphatic carbocycles. The summed E-state index contributed by atoms with van der Waals surface area (Å²) in [6.07, 6.45) is 7.04. The number of sulfone groups is 1. The first-order valence-electron chi connectivity index (χ1n) is 5.21. The van der Waals surface area contributed by atoms with Crippen LogP contribution in [0.25, 0.3) is 0 Å². The molecule has 6 nitrogen and oxygen atoms in total. The molecule has 1 saturated heterocycles. The normalized spacial score (nSPS) is 21.6. The molecule has 0 aromatic carbocycles. The largest absolute Gasteiger partial charge is 0.478 e. The second-order valence-corrected chi connectivity index (χ2v) is 6.13. The Morgan fingerprint density at radius 2 is 2.11 bits per heavy atom. The monoisotopic (exact) mass is 271 g/mol. The molecule has 1 aliphatic heterocycles. The number of carbonyl (C=O) groups is 2. The van der Waals surface area contributed by atoms with E-state index in [-0.39, 0.29) is 18.1 Å². The summed E-state index contributed by atoms with van der Waals surface area (Å²) in [5.74, 6) is 0.335. The maximum absolute atomic E-state index is 11.7. The average Bonchev–Trinajstić information content (AvgIpc) is 2.63. The van der Waals surface area contributed by atoms with Crippen LogP contribution in [0.2, 0.25) is 0 Å². The lowest BCUT2D eigenvalue weighted by atomic mass is 10.2. The molecule has 1 amide bonds. The highest BCUT2D eigenvalue weighted by molar-refractivity contribution is 7.91. The van der Waals surface area contributed by atoms with Gasteiger partial charge in [-0.05, 0) is 6.42 Å². The van der Waals surface area contributed by atoms with Crippen LogP contribution in [0.3, 0.4) is 0 Å². The van der Waals surface area contributed by atoms with Gasteiger partial charge in [0.1, 0.15) is 0 Å². The van der Waals surface area contributed by atoms with Crippen molar-refractivity contribution in [2.24, 2.45) is 0 Å². The summed E-state index contributed by atoms with van der Waals surface area (Å²) in [6.45, 7) is -0.0387. The lowest BCUT2D eigenvalue weighted by Crippen LogP contribution is -2.40. The number of carbonyl (C=O) groups excluding carboxylic acids is 1. The zero-order chi connectivity index (χ0) is 13.8. The number of carboxylic acid groups (broad SMARTS) is 1. The zero-order valence-corrected chi connectivity index (χ0v) is 10.4. The molecule has 0 radical (unpaired) electrons. The predicted molar refractivity (Wildman–Crippen MR) is 64.4 cm³/mol. The second kappa shape index (κ2) is 5.69. The number of terminal acetylenes is 1. The first kappa shape index (κ1) is 14.3. The molecule has 0 spiro atoms. The summed E-state index contributed by atoms with van der Waals surface area (Å²) < 4.78 is 22.7. The van der Waals surface area contributed by atoms with E-state index in [0.29, 0.717) is 12.5 Å². The van der Waals surface area contributed by atoms with Gasteiger partial charge in [-0.3, -0.25) is 4.79 Å². The summed E-state index contributed by atoms with van der Waals surface area (Å²) in [4.78, 5) is 23.2. The molecule has 1 aliphatic rings. The lowest BCUT2D eigenvalue weighted by Gasteiger charge is -2.24. The van der Waals surface area contributed by atoms with E-state index in [9.17, 15) is 18.0 Å². The molecule has 18 heavy (non-hydrogen) atoms. The minimum absolute atomic E-state index is 0.0225. The van der Waals surface area contributed by atoms with Crippen LogP contribution in [0.15, 0.2) is 12.2 Å². The lowest BCUT2D eigenvalue weighted by molar-refractivity contribution is -0.132. The molecule has 1 rings (SSSR count). The molecule has 98 valence electrons. The summed E-state index contributed by atoms with van der Waals surface area (Å²) in [5, 5.41) is 8.43. The van der Waals surface area contributed by atoms with E-state index in [1.165, 1.54) is 4.90 Å².